The van der Waals surface area contributed by atoms with E-state index in [2.05, 4.69) is 130 Å². The number of ether oxygens (including phenoxy) is 3. The molecule has 0 aliphatic carbocycles. The topological polar surface area (TPSA) is 155 Å². The Morgan fingerprint density at radius 1 is 0.382 bits per heavy atom. The number of hydrogen-bond donors (Lipinski definition) is 2. The Morgan fingerprint density at radius 2 is 0.684 bits per heavy atom. The first-order valence-corrected chi connectivity index (χ1v) is 31.3. The molecule has 0 rings (SSSR count). The van der Waals surface area contributed by atoms with Crippen molar-refractivity contribution in [1.82, 2.24) is 0 Å². The summed E-state index contributed by atoms with van der Waals surface area (Å²) in [6.45, 7) is 4.34. The third kappa shape index (κ3) is 54.9. The van der Waals surface area contributed by atoms with E-state index in [9.17, 15) is 28.9 Å². The van der Waals surface area contributed by atoms with Crippen molar-refractivity contribution >= 4 is 25.7 Å². The minimum Gasteiger partial charge on any atom is -0.462 e. The van der Waals surface area contributed by atoms with Crippen LogP contribution < -0.4 is 0 Å². The number of allylic oxidation sites excluding steroid dienone is 18. The predicted octanol–water partition coefficient (Wildman–Crippen LogP) is 17.8. The second kappa shape index (κ2) is 57.3. The molecule has 434 valence electrons. The van der Waals surface area contributed by atoms with Crippen LogP contribution in [0.5, 0.6) is 0 Å². The van der Waals surface area contributed by atoms with Crippen molar-refractivity contribution in [2.24, 2.45) is 0 Å². The van der Waals surface area contributed by atoms with Gasteiger partial charge in [-0.1, -0.05) is 207 Å². The molecule has 0 saturated heterocycles. The number of hydrogen-bond acceptors (Lipinski definition) is 10. The zero-order valence-corrected chi connectivity index (χ0v) is 48.8. The Labute approximate surface area is 463 Å². The molecule has 0 amide bonds. The number of aliphatic hydroxyl groups is 1. The Kier molecular flexibility index (Phi) is 54.4. The molecule has 0 fully saturated rings. The number of phosphoric ester groups is 1. The molecule has 3 unspecified atom stereocenters. The molecule has 0 bridgehead atoms. The lowest BCUT2D eigenvalue weighted by molar-refractivity contribution is -0.161. The van der Waals surface area contributed by atoms with Crippen molar-refractivity contribution in [3.05, 3.63) is 109 Å². The number of unbranched alkanes of at least 4 members (excludes halogenated alkanes) is 19. The van der Waals surface area contributed by atoms with Gasteiger partial charge in [0.05, 0.1) is 19.8 Å². The highest BCUT2D eigenvalue weighted by Gasteiger charge is 2.28. The molecule has 2 N–H and O–H groups in total. The normalized spacial score (nSPS) is 14.1. The monoisotopic (exact) mass is 1080 g/mol. The summed E-state index contributed by atoms with van der Waals surface area (Å²) in [6, 6.07) is 0. The van der Waals surface area contributed by atoms with Gasteiger partial charge in [0, 0.05) is 19.3 Å². The fourth-order valence-electron chi connectivity index (χ4n) is 7.69. The summed E-state index contributed by atoms with van der Waals surface area (Å²) in [5.74, 6) is -1.53. The smallest absolute Gasteiger partial charge is 0.462 e. The molecule has 0 aromatic rings. The van der Waals surface area contributed by atoms with E-state index in [1.165, 1.54) is 32.1 Å². The first-order valence-electron chi connectivity index (χ1n) is 29.8. The van der Waals surface area contributed by atoms with Gasteiger partial charge in [-0.05, 0) is 122 Å². The highest BCUT2D eigenvalue weighted by atomic mass is 31.2. The van der Waals surface area contributed by atoms with Crippen molar-refractivity contribution in [3.8, 4) is 0 Å². The number of aliphatic hydroxyl groups excluding tert-OH is 1. The number of rotatable bonds is 54. The lowest BCUT2D eigenvalue weighted by Gasteiger charge is -2.21. The molecule has 3 atom stereocenters. The van der Waals surface area contributed by atoms with E-state index in [1.54, 1.807) is 0 Å². The molecule has 12 heteroatoms. The van der Waals surface area contributed by atoms with Gasteiger partial charge in [-0.25, -0.2) is 4.57 Å². The minimum atomic E-state index is -4.77. The molecule has 0 saturated carbocycles. The van der Waals surface area contributed by atoms with E-state index in [0.717, 1.165) is 148 Å². The number of phosphoric acid groups is 1. The van der Waals surface area contributed by atoms with Crippen molar-refractivity contribution < 1.29 is 52.2 Å². The fourth-order valence-corrected chi connectivity index (χ4v) is 8.47. The van der Waals surface area contributed by atoms with Crippen LogP contribution in [-0.4, -0.2) is 66.5 Å². The van der Waals surface area contributed by atoms with E-state index in [-0.39, 0.29) is 25.9 Å². The average Bonchev–Trinajstić information content (AvgIpc) is 3.41. The summed E-state index contributed by atoms with van der Waals surface area (Å²) < 4.78 is 39.5. The van der Waals surface area contributed by atoms with E-state index < -0.39 is 57.8 Å². The second-order valence-electron chi connectivity index (χ2n) is 19.4. The fraction of sp³-hybridized carbons (Fsp3) is 0.672. The van der Waals surface area contributed by atoms with Crippen molar-refractivity contribution in [2.45, 2.75) is 251 Å². The number of carbonyl (C=O) groups excluding carboxylic acids is 3. The van der Waals surface area contributed by atoms with Gasteiger partial charge in [-0.3, -0.25) is 23.4 Å². The van der Waals surface area contributed by atoms with Crippen LogP contribution in [0.4, 0.5) is 0 Å². The molecular weight excluding hydrogens is 976 g/mol. The van der Waals surface area contributed by atoms with Gasteiger partial charge in [0.1, 0.15) is 12.7 Å². The zero-order chi connectivity index (χ0) is 55.5. The van der Waals surface area contributed by atoms with Gasteiger partial charge in [-0.2, -0.15) is 0 Å². The average molecular weight is 1080 g/mol. The van der Waals surface area contributed by atoms with Crippen molar-refractivity contribution in [3.63, 3.8) is 0 Å². The molecule has 0 aliphatic rings. The van der Waals surface area contributed by atoms with Gasteiger partial charge in [0.15, 0.2) is 6.10 Å². The molecular formula is C64H107O11P. The molecule has 11 nitrogen and oxygen atoms in total. The Hall–Kier alpha value is -3.86. The maximum Gasteiger partial charge on any atom is 0.472 e. The standard InChI is InChI=1S/C64H107O11P/c1-4-7-10-13-16-19-22-25-28-30-33-36-39-42-45-48-51-54-63(67)74-60(56-65)58-72-76(69,70)73-59-61(57-71-62(66)53-50-47-44-41-38-35-32-27-24-21-18-15-12-9-6-3)75-64(68)55-52-49-46-43-40-37-34-31-29-26-23-20-17-14-11-8-5-2/h7-8,10-11,16-21,25-29,32,34,37,60-61,65H,4-6,9,12-15,22-24,30-31,33,35-36,38-59H2,1-3H3,(H,69,70)/b10-7-,11-8-,19-16-,20-17-,21-18-,28-25-,29-26-,32-27-,37-34-. The third-order valence-electron chi connectivity index (χ3n) is 12.2. The number of carbonyl (C=O) groups is 3. The van der Waals surface area contributed by atoms with Crippen LogP contribution in [0.2, 0.25) is 0 Å². The summed E-state index contributed by atoms with van der Waals surface area (Å²) in [5.41, 5.74) is 0. The van der Waals surface area contributed by atoms with Gasteiger partial charge < -0.3 is 24.2 Å². The summed E-state index contributed by atoms with van der Waals surface area (Å²) in [6.07, 6.45) is 68.9. The highest BCUT2D eigenvalue weighted by molar-refractivity contribution is 7.47. The summed E-state index contributed by atoms with van der Waals surface area (Å²) in [4.78, 5) is 48.6. The molecule has 0 aromatic carbocycles. The SMILES string of the molecule is CC/C=C\C/C=C\C/C=C\C/C=C\CCCCCCC(=O)OC(COC(=O)CCCCCCC/C=C\C/C=C\CCCCC)COP(=O)(O)OCC(CO)OC(=O)CCCCCCCCC/C=C\C/C=C\C/C=C\CC. The van der Waals surface area contributed by atoms with Crippen LogP contribution in [0.25, 0.3) is 0 Å². The van der Waals surface area contributed by atoms with Crippen LogP contribution in [0.15, 0.2) is 109 Å². The van der Waals surface area contributed by atoms with E-state index in [1.807, 2.05) is 0 Å². The van der Waals surface area contributed by atoms with Crippen LogP contribution in [0.1, 0.15) is 239 Å². The van der Waals surface area contributed by atoms with Crippen molar-refractivity contribution in [2.75, 3.05) is 26.4 Å². The van der Waals surface area contributed by atoms with Crippen LogP contribution >= 0.6 is 7.82 Å². The molecule has 0 radical (unpaired) electrons. The summed E-state index contributed by atoms with van der Waals surface area (Å²) in [5, 5.41) is 9.83. The van der Waals surface area contributed by atoms with Crippen LogP contribution in [-0.2, 0) is 42.2 Å². The predicted molar refractivity (Wildman–Crippen MR) is 316 cm³/mol. The highest BCUT2D eigenvalue weighted by Crippen LogP contribution is 2.43. The molecule has 0 aliphatic heterocycles. The third-order valence-corrected chi connectivity index (χ3v) is 13.1. The Bertz CT molecular complexity index is 1690. The summed E-state index contributed by atoms with van der Waals surface area (Å²) in [7, 11) is -4.77. The molecule has 0 spiro atoms. The van der Waals surface area contributed by atoms with Crippen LogP contribution in [0.3, 0.4) is 0 Å². The summed E-state index contributed by atoms with van der Waals surface area (Å²) >= 11 is 0. The minimum absolute atomic E-state index is 0.131. The van der Waals surface area contributed by atoms with Gasteiger partial charge >= 0.3 is 25.7 Å². The molecule has 76 heavy (non-hydrogen) atoms. The van der Waals surface area contributed by atoms with Crippen LogP contribution in [0, 0.1) is 0 Å². The Balaban J connectivity index is 4.78. The van der Waals surface area contributed by atoms with Crippen molar-refractivity contribution in [1.29, 1.82) is 0 Å². The lowest BCUT2D eigenvalue weighted by Crippen LogP contribution is -2.30. The van der Waals surface area contributed by atoms with Gasteiger partial charge in [0.2, 0.25) is 0 Å². The van der Waals surface area contributed by atoms with Gasteiger partial charge in [0.25, 0.3) is 0 Å². The second-order valence-corrected chi connectivity index (χ2v) is 20.8. The molecule has 0 aromatic heterocycles. The zero-order valence-electron chi connectivity index (χ0n) is 47.9. The maximum absolute atomic E-state index is 12.9. The van der Waals surface area contributed by atoms with Gasteiger partial charge in [-0.15, -0.1) is 0 Å². The first-order chi connectivity index (χ1) is 37.2. The largest absolute Gasteiger partial charge is 0.472 e. The van der Waals surface area contributed by atoms with E-state index >= 15 is 0 Å². The lowest BCUT2D eigenvalue weighted by atomic mass is 10.1. The first kappa shape index (κ1) is 72.1. The quantitative estimate of drug-likeness (QED) is 0.0197. The van der Waals surface area contributed by atoms with E-state index in [4.69, 9.17) is 23.3 Å². The molecule has 0 heterocycles. The maximum atomic E-state index is 12.9. The van der Waals surface area contributed by atoms with E-state index in [0.29, 0.717) is 19.3 Å². The number of esters is 3. The Morgan fingerprint density at radius 3 is 1.05 bits per heavy atom.